The average Bonchev–Trinajstić information content (AvgIpc) is 2.88. The largest absolute Gasteiger partial charge is 0.382 e. The molecule has 3 rings (SSSR count). The van der Waals surface area contributed by atoms with E-state index in [2.05, 4.69) is 15.2 Å². The molecule has 3 heterocycles. The Kier molecular flexibility index (Phi) is 3.40. The van der Waals surface area contributed by atoms with E-state index in [4.69, 9.17) is 17.3 Å². The van der Waals surface area contributed by atoms with Crippen molar-refractivity contribution < 1.29 is 4.39 Å². The zero-order valence-electron chi connectivity index (χ0n) is 10.6. The first kappa shape index (κ1) is 13.1. The standard InChI is InChI=1S/C13H13ClFN5/c14-8-6-9(15)13(17-7-8)20-5-1-2-11(20)10-3-4-12(16)19-18-10/h3-4,6-7,11H,1-2,5H2,(H2,16,19). The molecule has 0 bridgehead atoms. The summed E-state index contributed by atoms with van der Waals surface area (Å²) in [5.74, 6) is 0.248. The number of halogens is 2. The highest BCUT2D eigenvalue weighted by atomic mass is 35.5. The lowest BCUT2D eigenvalue weighted by Crippen LogP contribution is -2.25. The molecule has 1 saturated heterocycles. The van der Waals surface area contributed by atoms with E-state index in [0.29, 0.717) is 11.6 Å². The molecule has 0 saturated carbocycles. The van der Waals surface area contributed by atoms with Crippen molar-refractivity contribution in [2.45, 2.75) is 18.9 Å². The number of nitrogens with zero attached hydrogens (tertiary/aromatic N) is 4. The minimum absolute atomic E-state index is 0.0359. The van der Waals surface area contributed by atoms with Crippen molar-refractivity contribution in [2.24, 2.45) is 0 Å². The highest BCUT2D eigenvalue weighted by molar-refractivity contribution is 6.30. The smallest absolute Gasteiger partial charge is 0.167 e. The molecule has 2 aromatic heterocycles. The summed E-state index contributed by atoms with van der Waals surface area (Å²) in [6.45, 7) is 0.724. The summed E-state index contributed by atoms with van der Waals surface area (Å²) < 4.78 is 14.0. The van der Waals surface area contributed by atoms with Gasteiger partial charge in [-0.25, -0.2) is 9.37 Å². The third-order valence-corrected chi connectivity index (χ3v) is 3.57. The Bertz CT molecular complexity index is 619. The van der Waals surface area contributed by atoms with Crippen LogP contribution in [-0.2, 0) is 0 Å². The Morgan fingerprint density at radius 2 is 2.20 bits per heavy atom. The Labute approximate surface area is 120 Å². The molecule has 1 unspecified atom stereocenters. The molecule has 0 aromatic carbocycles. The number of nitrogen functional groups attached to an aromatic ring is 1. The lowest BCUT2D eigenvalue weighted by Gasteiger charge is -2.25. The maximum atomic E-state index is 14.0. The molecule has 1 aliphatic rings. The van der Waals surface area contributed by atoms with Gasteiger partial charge in [0, 0.05) is 12.7 Å². The molecule has 104 valence electrons. The molecule has 2 N–H and O–H groups in total. The van der Waals surface area contributed by atoms with Crippen molar-refractivity contribution in [1.82, 2.24) is 15.2 Å². The quantitative estimate of drug-likeness (QED) is 0.922. The number of aromatic nitrogens is 3. The van der Waals surface area contributed by atoms with Gasteiger partial charge in [-0.2, -0.15) is 5.10 Å². The minimum atomic E-state index is -0.423. The molecule has 1 aliphatic heterocycles. The number of rotatable bonds is 2. The van der Waals surface area contributed by atoms with Gasteiger partial charge < -0.3 is 10.6 Å². The van der Waals surface area contributed by atoms with Crippen LogP contribution in [0.25, 0.3) is 0 Å². The van der Waals surface area contributed by atoms with Crippen LogP contribution in [0.2, 0.25) is 5.02 Å². The third kappa shape index (κ3) is 2.38. The van der Waals surface area contributed by atoms with Crippen molar-refractivity contribution in [2.75, 3.05) is 17.2 Å². The fourth-order valence-corrected chi connectivity index (χ4v) is 2.62. The van der Waals surface area contributed by atoms with Gasteiger partial charge in [0.25, 0.3) is 0 Å². The van der Waals surface area contributed by atoms with Gasteiger partial charge in [0.05, 0.1) is 16.8 Å². The second kappa shape index (κ2) is 5.20. The van der Waals surface area contributed by atoms with Crippen LogP contribution >= 0.6 is 11.6 Å². The van der Waals surface area contributed by atoms with Gasteiger partial charge in [-0.05, 0) is 31.0 Å². The lowest BCUT2D eigenvalue weighted by molar-refractivity contribution is 0.597. The number of hydrogen-bond donors (Lipinski definition) is 1. The van der Waals surface area contributed by atoms with Crippen LogP contribution in [0.1, 0.15) is 24.6 Å². The van der Waals surface area contributed by atoms with Crippen LogP contribution < -0.4 is 10.6 Å². The zero-order valence-corrected chi connectivity index (χ0v) is 11.4. The molecule has 1 atom stereocenters. The van der Waals surface area contributed by atoms with Crippen molar-refractivity contribution >= 4 is 23.2 Å². The predicted octanol–water partition coefficient (Wildman–Crippen LogP) is 2.59. The zero-order chi connectivity index (χ0) is 14.1. The Balaban J connectivity index is 1.94. The van der Waals surface area contributed by atoms with Gasteiger partial charge >= 0.3 is 0 Å². The average molecular weight is 294 g/mol. The molecule has 0 spiro atoms. The van der Waals surface area contributed by atoms with E-state index in [1.165, 1.54) is 12.3 Å². The predicted molar refractivity (Wildman–Crippen MR) is 75.0 cm³/mol. The summed E-state index contributed by atoms with van der Waals surface area (Å²) in [4.78, 5) is 5.99. The molecular weight excluding hydrogens is 281 g/mol. The third-order valence-electron chi connectivity index (χ3n) is 3.36. The summed E-state index contributed by atoms with van der Waals surface area (Å²) in [5, 5.41) is 8.23. The molecule has 1 fully saturated rings. The van der Waals surface area contributed by atoms with E-state index in [0.717, 1.165) is 25.1 Å². The fraction of sp³-hybridized carbons (Fsp3) is 0.308. The highest BCUT2D eigenvalue weighted by Crippen LogP contribution is 2.35. The lowest BCUT2D eigenvalue weighted by atomic mass is 10.1. The number of hydrogen-bond acceptors (Lipinski definition) is 5. The van der Waals surface area contributed by atoms with Crippen LogP contribution in [0.5, 0.6) is 0 Å². The van der Waals surface area contributed by atoms with E-state index in [9.17, 15) is 4.39 Å². The fourth-order valence-electron chi connectivity index (χ4n) is 2.48. The van der Waals surface area contributed by atoms with Crippen molar-refractivity contribution in [3.05, 3.63) is 40.9 Å². The Hall–Kier alpha value is -1.95. The van der Waals surface area contributed by atoms with E-state index in [1.54, 1.807) is 6.07 Å². The summed E-state index contributed by atoms with van der Waals surface area (Å²) in [5.41, 5.74) is 6.31. The Morgan fingerprint density at radius 1 is 1.35 bits per heavy atom. The van der Waals surface area contributed by atoms with Gasteiger partial charge in [-0.3, -0.25) is 0 Å². The summed E-state index contributed by atoms with van der Waals surface area (Å²) in [6, 6.07) is 4.75. The number of nitrogens with two attached hydrogens (primary N) is 1. The maximum absolute atomic E-state index is 14.0. The first-order valence-corrected chi connectivity index (χ1v) is 6.70. The van der Waals surface area contributed by atoms with Gasteiger partial charge in [0.2, 0.25) is 0 Å². The van der Waals surface area contributed by atoms with Gasteiger partial charge in [-0.15, -0.1) is 5.10 Å². The summed E-state index contributed by atoms with van der Waals surface area (Å²) in [6.07, 6.45) is 3.27. The van der Waals surface area contributed by atoms with Gasteiger partial charge in [0.1, 0.15) is 5.82 Å². The molecule has 0 aliphatic carbocycles. The molecular formula is C13H13ClFN5. The van der Waals surface area contributed by atoms with Gasteiger partial charge in [0.15, 0.2) is 11.6 Å². The first-order valence-electron chi connectivity index (χ1n) is 6.32. The molecule has 2 aromatic rings. The van der Waals surface area contributed by atoms with Crippen molar-refractivity contribution in [1.29, 1.82) is 0 Å². The highest BCUT2D eigenvalue weighted by Gasteiger charge is 2.30. The van der Waals surface area contributed by atoms with E-state index < -0.39 is 5.82 Å². The molecule has 7 heteroatoms. The van der Waals surface area contributed by atoms with Crippen LogP contribution in [0.4, 0.5) is 16.0 Å². The first-order chi connectivity index (χ1) is 9.65. The van der Waals surface area contributed by atoms with Crippen molar-refractivity contribution in [3.63, 3.8) is 0 Å². The van der Waals surface area contributed by atoms with Crippen molar-refractivity contribution in [3.8, 4) is 0 Å². The van der Waals surface area contributed by atoms with E-state index in [-0.39, 0.29) is 11.1 Å². The van der Waals surface area contributed by atoms with Crippen LogP contribution in [0.15, 0.2) is 24.4 Å². The monoisotopic (exact) mass is 293 g/mol. The minimum Gasteiger partial charge on any atom is -0.382 e. The summed E-state index contributed by atoms with van der Waals surface area (Å²) >= 11 is 5.74. The van der Waals surface area contributed by atoms with Crippen LogP contribution in [-0.4, -0.2) is 21.7 Å². The maximum Gasteiger partial charge on any atom is 0.167 e. The summed E-state index contributed by atoms with van der Waals surface area (Å²) in [7, 11) is 0. The molecule has 0 amide bonds. The SMILES string of the molecule is Nc1ccc(C2CCCN2c2ncc(Cl)cc2F)nn1. The molecule has 0 radical (unpaired) electrons. The normalized spacial score (nSPS) is 18.5. The van der Waals surface area contributed by atoms with Crippen LogP contribution in [0.3, 0.4) is 0 Å². The van der Waals surface area contributed by atoms with E-state index >= 15 is 0 Å². The Morgan fingerprint density at radius 3 is 2.90 bits per heavy atom. The van der Waals surface area contributed by atoms with E-state index in [1.807, 2.05) is 11.0 Å². The van der Waals surface area contributed by atoms with Gasteiger partial charge in [-0.1, -0.05) is 11.6 Å². The molecule has 5 nitrogen and oxygen atoms in total. The molecule has 20 heavy (non-hydrogen) atoms. The second-order valence-corrected chi connectivity index (χ2v) is 5.13. The topological polar surface area (TPSA) is 67.9 Å². The van der Waals surface area contributed by atoms with Crippen LogP contribution in [0, 0.1) is 5.82 Å². The number of anilines is 2. The number of pyridine rings is 1. The second-order valence-electron chi connectivity index (χ2n) is 4.69.